The van der Waals surface area contributed by atoms with Crippen LogP contribution in [-0.4, -0.2) is 40.0 Å². The van der Waals surface area contributed by atoms with Crippen LogP contribution in [0.3, 0.4) is 0 Å². The molecule has 9 heteroatoms. The molecule has 0 saturated carbocycles. The van der Waals surface area contributed by atoms with Gasteiger partial charge >= 0.3 is 15.6 Å². The summed E-state index contributed by atoms with van der Waals surface area (Å²) >= 11 is 0. The Morgan fingerprint density at radius 3 is 2.36 bits per heavy atom. The highest BCUT2D eigenvalue weighted by Gasteiger charge is 2.49. The average molecular weight is 236 g/mol. The molecule has 0 aromatic carbocycles. The fourth-order valence-electron chi connectivity index (χ4n) is 0.718. The van der Waals surface area contributed by atoms with Crippen LogP contribution in [0.25, 0.3) is 0 Å². The second-order valence-electron chi connectivity index (χ2n) is 2.37. The Kier molecular flexibility index (Phi) is 3.35. The Bertz CT molecular complexity index is 278. The first-order chi connectivity index (χ1) is 6.33. The molecule has 14 heavy (non-hydrogen) atoms. The highest BCUT2D eigenvalue weighted by Crippen LogP contribution is 2.26. The van der Waals surface area contributed by atoms with Crippen molar-refractivity contribution < 1.29 is 35.2 Å². The summed E-state index contributed by atoms with van der Waals surface area (Å²) in [5, 5.41) is 0. The number of halogens is 3. The zero-order valence-corrected chi connectivity index (χ0v) is 7.60. The van der Waals surface area contributed by atoms with E-state index in [4.69, 9.17) is 0 Å². The minimum absolute atomic E-state index is 0.00194. The van der Waals surface area contributed by atoms with Gasteiger partial charge in [0.2, 0.25) is 0 Å². The molecule has 0 aromatic rings. The van der Waals surface area contributed by atoms with E-state index in [1.807, 2.05) is 0 Å². The molecule has 5 nitrogen and oxygen atoms in total. The van der Waals surface area contributed by atoms with Crippen LogP contribution in [0, 0.1) is 0 Å². The summed E-state index contributed by atoms with van der Waals surface area (Å²) in [4.78, 5) is 0. The van der Waals surface area contributed by atoms with Gasteiger partial charge in [-0.25, -0.2) is 4.18 Å². The third kappa shape index (κ3) is 2.80. The lowest BCUT2D eigenvalue weighted by Crippen LogP contribution is -2.37. The van der Waals surface area contributed by atoms with Crippen molar-refractivity contribution in [1.82, 2.24) is 0 Å². The van der Waals surface area contributed by atoms with E-state index >= 15 is 0 Å². The van der Waals surface area contributed by atoms with Crippen molar-refractivity contribution >= 4 is 10.1 Å². The third-order valence-electron chi connectivity index (χ3n) is 1.30. The molecule has 1 heterocycles. The van der Waals surface area contributed by atoms with Crippen LogP contribution in [0.1, 0.15) is 0 Å². The lowest BCUT2D eigenvalue weighted by molar-refractivity contribution is -0.175. The normalized spacial score (nSPS) is 24.9. The summed E-state index contributed by atoms with van der Waals surface area (Å²) in [5.41, 5.74) is -5.44. The van der Waals surface area contributed by atoms with Gasteiger partial charge in [-0.3, -0.25) is 0 Å². The van der Waals surface area contributed by atoms with Crippen molar-refractivity contribution in [3.8, 4) is 0 Å². The summed E-state index contributed by atoms with van der Waals surface area (Å²) in [6, 6.07) is 0. The molecular weight excluding hydrogens is 229 g/mol. The zero-order valence-electron chi connectivity index (χ0n) is 6.78. The Balaban J connectivity index is 2.58. The molecule has 0 aliphatic carbocycles. The molecule has 1 aliphatic rings. The lowest BCUT2D eigenvalue weighted by Gasteiger charge is -2.22. The standard InChI is InChI=1S/C5H7F3O5S/c6-5(7,8)14(9,10)13-4-3-11-1-2-12-4/h4H,1-3H2. The van der Waals surface area contributed by atoms with Crippen molar-refractivity contribution in [2.24, 2.45) is 0 Å². The molecule has 1 unspecified atom stereocenters. The summed E-state index contributed by atoms with van der Waals surface area (Å²) < 4.78 is 69.2. The Labute approximate surface area is 77.9 Å². The van der Waals surface area contributed by atoms with Crippen LogP contribution in [-0.2, 0) is 23.8 Å². The summed E-state index contributed by atoms with van der Waals surface area (Å²) in [6.07, 6.45) is -1.52. The topological polar surface area (TPSA) is 61.8 Å². The molecule has 0 aromatic heterocycles. The van der Waals surface area contributed by atoms with E-state index in [2.05, 4.69) is 13.7 Å². The third-order valence-corrected chi connectivity index (χ3v) is 2.34. The van der Waals surface area contributed by atoms with Crippen LogP contribution in [0.5, 0.6) is 0 Å². The minimum atomic E-state index is -5.60. The van der Waals surface area contributed by atoms with Gasteiger partial charge < -0.3 is 9.47 Å². The number of ether oxygens (including phenoxy) is 2. The molecule has 1 aliphatic heterocycles. The molecule has 0 spiro atoms. The fraction of sp³-hybridized carbons (Fsp3) is 1.00. The van der Waals surface area contributed by atoms with Gasteiger partial charge in [0.15, 0.2) is 6.29 Å². The van der Waals surface area contributed by atoms with Gasteiger partial charge in [0.25, 0.3) is 0 Å². The Morgan fingerprint density at radius 2 is 1.93 bits per heavy atom. The second kappa shape index (κ2) is 4.01. The monoisotopic (exact) mass is 236 g/mol. The van der Waals surface area contributed by atoms with Gasteiger partial charge in [-0.1, -0.05) is 0 Å². The molecule has 0 N–H and O–H groups in total. The average Bonchev–Trinajstić information content (AvgIpc) is 2.03. The maximum atomic E-state index is 11.8. The molecule has 1 saturated heterocycles. The number of alkyl halides is 3. The highest BCUT2D eigenvalue weighted by molar-refractivity contribution is 7.87. The first kappa shape index (κ1) is 11.7. The van der Waals surface area contributed by atoms with Gasteiger partial charge in [-0.2, -0.15) is 21.6 Å². The maximum Gasteiger partial charge on any atom is 0.523 e. The summed E-state index contributed by atoms with van der Waals surface area (Å²) in [5.74, 6) is 0. The molecule has 1 rings (SSSR count). The van der Waals surface area contributed by atoms with E-state index in [1.165, 1.54) is 0 Å². The second-order valence-corrected chi connectivity index (χ2v) is 3.93. The van der Waals surface area contributed by atoms with E-state index < -0.39 is 21.9 Å². The molecule has 0 amide bonds. The van der Waals surface area contributed by atoms with Crippen molar-refractivity contribution in [2.45, 2.75) is 11.8 Å². The van der Waals surface area contributed by atoms with Gasteiger partial charge in [-0.15, -0.1) is 0 Å². The van der Waals surface area contributed by atoms with E-state index in [-0.39, 0.29) is 19.8 Å². The number of rotatable bonds is 2. The van der Waals surface area contributed by atoms with Gasteiger partial charge in [0.1, 0.15) is 0 Å². The van der Waals surface area contributed by atoms with Crippen molar-refractivity contribution in [2.75, 3.05) is 19.8 Å². The Morgan fingerprint density at radius 1 is 1.29 bits per heavy atom. The van der Waals surface area contributed by atoms with Crippen LogP contribution in [0.15, 0.2) is 0 Å². The molecular formula is C5H7F3O5S. The van der Waals surface area contributed by atoms with Crippen LogP contribution in [0.4, 0.5) is 13.2 Å². The largest absolute Gasteiger partial charge is 0.523 e. The SMILES string of the molecule is O=S(=O)(OC1COCCO1)C(F)(F)F. The van der Waals surface area contributed by atoms with E-state index in [1.54, 1.807) is 0 Å². The molecule has 0 bridgehead atoms. The predicted molar refractivity (Wildman–Crippen MR) is 36.6 cm³/mol. The quantitative estimate of drug-likeness (QED) is 0.507. The smallest absolute Gasteiger partial charge is 0.374 e. The first-order valence-electron chi connectivity index (χ1n) is 3.52. The van der Waals surface area contributed by atoms with Crippen molar-refractivity contribution in [1.29, 1.82) is 0 Å². The van der Waals surface area contributed by atoms with Crippen LogP contribution < -0.4 is 0 Å². The maximum absolute atomic E-state index is 11.8. The molecule has 1 fully saturated rings. The number of hydrogen-bond donors (Lipinski definition) is 0. The van der Waals surface area contributed by atoms with E-state index in [9.17, 15) is 21.6 Å². The van der Waals surface area contributed by atoms with Gasteiger partial charge in [0.05, 0.1) is 19.8 Å². The van der Waals surface area contributed by atoms with Gasteiger partial charge in [0, 0.05) is 0 Å². The molecule has 84 valence electrons. The number of hydrogen-bond acceptors (Lipinski definition) is 5. The minimum Gasteiger partial charge on any atom is -0.374 e. The Hall–Kier alpha value is -0.380. The lowest BCUT2D eigenvalue weighted by atomic mass is 10.6. The van der Waals surface area contributed by atoms with E-state index in [0.717, 1.165) is 0 Å². The fourth-order valence-corrected chi connectivity index (χ4v) is 1.22. The van der Waals surface area contributed by atoms with Crippen LogP contribution >= 0.6 is 0 Å². The van der Waals surface area contributed by atoms with Crippen molar-refractivity contribution in [3.63, 3.8) is 0 Å². The summed E-state index contributed by atoms with van der Waals surface area (Å²) in [6.45, 7) is -0.140. The molecule has 0 radical (unpaired) electrons. The van der Waals surface area contributed by atoms with E-state index in [0.29, 0.717) is 0 Å². The zero-order chi connectivity index (χ0) is 10.8. The molecule has 1 atom stereocenters. The summed E-state index contributed by atoms with van der Waals surface area (Å²) in [7, 11) is -5.60. The van der Waals surface area contributed by atoms with Crippen LogP contribution in [0.2, 0.25) is 0 Å². The highest BCUT2D eigenvalue weighted by atomic mass is 32.2. The van der Waals surface area contributed by atoms with Crippen molar-refractivity contribution in [3.05, 3.63) is 0 Å². The van der Waals surface area contributed by atoms with Gasteiger partial charge in [-0.05, 0) is 0 Å². The predicted octanol–water partition coefficient (Wildman–Crippen LogP) is 0.225. The first-order valence-corrected chi connectivity index (χ1v) is 4.92.